The van der Waals surface area contributed by atoms with Crippen molar-refractivity contribution in [2.24, 2.45) is 5.92 Å². The van der Waals surface area contributed by atoms with E-state index in [0.29, 0.717) is 18.0 Å². The minimum Gasteiger partial charge on any atom is -0.497 e. The van der Waals surface area contributed by atoms with Crippen molar-refractivity contribution >= 4 is 21.6 Å². The van der Waals surface area contributed by atoms with E-state index in [1.807, 2.05) is 13.8 Å². The highest BCUT2D eigenvalue weighted by Crippen LogP contribution is 2.24. The van der Waals surface area contributed by atoms with E-state index in [4.69, 9.17) is 4.74 Å². The third-order valence-electron chi connectivity index (χ3n) is 3.69. The molecule has 0 atom stereocenters. The summed E-state index contributed by atoms with van der Waals surface area (Å²) >= 11 is 0. The lowest BCUT2D eigenvalue weighted by Gasteiger charge is -2.24. The Labute approximate surface area is 154 Å². The van der Waals surface area contributed by atoms with Crippen LogP contribution in [0.15, 0.2) is 59.5 Å². The summed E-state index contributed by atoms with van der Waals surface area (Å²) in [6.45, 7) is 4.15. The van der Waals surface area contributed by atoms with Gasteiger partial charge in [-0.1, -0.05) is 32.0 Å². The van der Waals surface area contributed by atoms with Gasteiger partial charge >= 0.3 is 0 Å². The molecule has 7 heteroatoms. The molecule has 26 heavy (non-hydrogen) atoms. The van der Waals surface area contributed by atoms with Gasteiger partial charge in [0.2, 0.25) is 5.91 Å². The molecule has 1 N–H and O–H groups in total. The monoisotopic (exact) mass is 376 g/mol. The Morgan fingerprint density at radius 1 is 1.08 bits per heavy atom. The highest BCUT2D eigenvalue weighted by Gasteiger charge is 2.27. The van der Waals surface area contributed by atoms with E-state index in [1.54, 1.807) is 42.5 Å². The van der Waals surface area contributed by atoms with Gasteiger partial charge in [-0.25, -0.2) is 8.42 Å². The maximum atomic E-state index is 13.1. The van der Waals surface area contributed by atoms with Crippen molar-refractivity contribution in [3.8, 4) is 5.75 Å². The van der Waals surface area contributed by atoms with E-state index in [1.165, 1.54) is 19.2 Å². The van der Waals surface area contributed by atoms with Gasteiger partial charge in [0, 0.05) is 6.54 Å². The van der Waals surface area contributed by atoms with Crippen molar-refractivity contribution in [3.05, 3.63) is 54.6 Å². The Hall–Kier alpha value is -2.54. The number of sulfonamides is 1. The third kappa shape index (κ3) is 4.98. The van der Waals surface area contributed by atoms with Crippen molar-refractivity contribution in [3.63, 3.8) is 0 Å². The Bertz CT molecular complexity index is 818. The summed E-state index contributed by atoms with van der Waals surface area (Å²) in [5, 5.41) is 2.76. The Balaban J connectivity index is 2.34. The van der Waals surface area contributed by atoms with Crippen LogP contribution >= 0.6 is 0 Å². The molecular formula is C19H24N2O4S. The van der Waals surface area contributed by atoms with Crippen molar-refractivity contribution in [2.75, 3.05) is 24.5 Å². The number of nitrogens with one attached hydrogen (secondary N) is 1. The topological polar surface area (TPSA) is 75.7 Å². The SMILES string of the molecule is COc1ccc(S(=O)(=O)N(CC(=O)NCC(C)C)c2ccccc2)cc1. The first-order valence-electron chi connectivity index (χ1n) is 8.33. The number of ether oxygens (including phenoxy) is 1. The standard InChI is InChI=1S/C19H24N2O4S/c1-15(2)13-20-19(22)14-21(16-7-5-4-6-8-16)26(23,24)18-11-9-17(25-3)10-12-18/h4-12,15H,13-14H2,1-3H3,(H,20,22). The summed E-state index contributed by atoms with van der Waals surface area (Å²) in [6.07, 6.45) is 0. The maximum absolute atomic E-state index is 13.1. The molecule has 1 amide bonds. The van der Waals surface area contributed by atoms with Gasteiger partial charge in [0.25, 0.3) is 10.0 Å². The van der Waals surface area contributed by atoms with Gasteiger partial charge in [0.1, 0.15) is 12.3 Å². The molecule has 0 saturated heterocycles. The number of amides is 1. The average Bonchev–Trinajstić information content (AvgIpc) is 2.65. The van der Waals surface area contributed by atoms with Gasteiger partial charge in [0.15, 0.2) is 0 Å². The molecule has 2 rings (SSSR count). The van der Waals surface area contributed by atoms with Crippen LogP contribution < -0.4 is 14.4 Å². The smallest absolute Gasteiger partial charge is 0.264 e. The van der Waals surface area contributed by atoms with Crippen molar-refractivity contribution < 1.29 is 17.9 Å². The minimum atomic E-state index is -3.90. The molecule has 0 fully saturated rings. The van der Waals surface area contributed by atoms with Crippen LogP contribution in [0.25, 0.3) is 0 Å². The molecule has 0 aromatic heterocycles. The van der Waals surface area contributed by atoms with Crippen molar-refractivity contribution in [1.82, 2.24) is 5.32 Å². The van der Waals surface area contributed by atoms with Crippen LogP contribution in [0.3, 0.4) is 0 Å². The predicted octanol–water partition coefficient (Wildman–Crippen LogP) is 2.66. The summed E-state index contributed by atoms with van der Waals surface area (Å²) in [5.74, 6) is 0.492. The van der Waals surface area contributed by atoms with Crippen molar-refractivity contribution in [2.45, 2.75) is 18.7 Å². The van der Waals surface area contributed by atoms with Gasteiger partial charge in [-0.3, -0.25) is 9.10 Å². The van der Waals surface area contributed by atoms with Crippen LogP contribution in [0.2, 0.25) is 0 Å². The van der Waals surface area contributed by atoms with E-state index in [0.717, 1.165) is 4.31 Å². The molecule has 2 aromatic carbocycles. The molecule has 0 heterocycles. The first-order chi connectivity index (χ1) is 12.3. The lowest BCUT2D eigenvalue weighted by molar-refractivity contribution is -0.119. The van der Waals surface area contributed by atoms with Gasteiger partial charge in [-0.15, -0.1) is 0 Å². The molecule has 0 aliphatic rings. The number of methoxy groups -OCH3 is 1. The van der Waals surface area contributed by atoms with Gasteiger partial charge < -0.3 is 10.1 Å². The molecule has 0 saturated carbocycles. The summed E-state index contributed by atoms with van der Waals surface area (Å²) in [6, 6.07) is 14.7. The van der Waals surface area contributed by atoms with Gasteiger partial charge in [-0.05, 0) is 42.3 Å². The quantitative estimate of drug-likeness (QED) is 0.768. The van der Waals surface area contributed by atoms with Gasteiger partial charge in [-0.2, -0.15) is 0 Å². The van der Waals surface area contributed by atoms with Crippen LogP contribution in [-0.2, 0) is 14.8 Å². The Morgan fingerprint density at radius 3 is 2.23 bits per heavy atom. The van der Waals surface area contributed by atoms with Crippen LogP contribution in [-0.4, -0.2) is 34.5 Å². The largest absolute Gasteiger partial charge is 0.497 e. The maximum Gasteiger partial charge on any atom is 0.264 e. The average molecular weight is 376 g/mol. The minimum absolute atomic E-state index is 0.0961. The van der Waals surface area contributed by atoms with Crippen molar-refractivity contribution in [1.29, 1.82) is 0 Å². The summed E-state index contributed by atoms with van der Waals surface area (Å²) in [7, 11) is -2.38. The van der Waals surface area contributed by atoms with E-state index in [-0.39, 0.29) is 23.3 Å². The molecule has 140 valence electrons. The Morgan fingerprint density at radius 2 is 1.69 bits per heavy atom. The van der Waals surface area contributed by atoms with Crippen LogP contribution in [0, 0.1) is 5.92 Å². The van der Waals surface area contributed by atoms with Crippen LogP contribution in [0.5, 0.6) is 5.75 Å². The Kier molecular flexibility index (Phi) is 6.63. The lowest BCUT2D eigenvalue weighted by atomic mass is 10.2. The number of carbonyl (C=O) groups excluding carboxylic acids is 1. The van der Waals surface area contributed by atoms with Crippen LogP contribution in [0.1, 0.15) is 13.8 Å². The number of hydrogen-bond donors (Lipinski definition) is 1. The van der Waals surface area contributed by atoms with E-state index in [9.17, 15) is 13.2 Å². The van der Waals surface area contributed by atoms with E-state index < -0.39 is 10.0 Å². The number of hydrogen-bond acceptors (Lipinski definition) is 4. The molecule has 0 aliphatic heterocycles. The third-order valence-corrected chi connectivity index (χ3v) is 5.47. The number of nitrogens with zero attached hydrogens (tertiary/aromatic N) is 1. The number of anilines is 1. The molecule has 2 aromatic rings. The number of benzene rings is 2. The normalized spacial score (nSPS) is 11.2. The van der Waals surface area contributed by atoms with Crippen LogP contribution in [0.4, 0.5) is 5.69 Å². The molecule has 0 spiro atoms. The number of carbonyl (C=O) groups is 1. The fraction of sp³-hybridized carbons (Fsp3) is 0.316. The highest BCUT2D eigenvalue weighted by molar-refractivity contribution is 7.92. The number of rotatable bonds is 8. The number of para-hydroxylation sites is 1. The fourth-order valence-corrected chi connectivity index (χ4v) is 3.71. The fourth-order valence-electron chi connectivity index (χ4n) is 2.29. The molecular weight excluding hydrogens is 352 g/mol. The summed E-state index contributed by atoms with van der Waals surface area (Å²) in [5.41, 5.74) is 0.433. The second-order valence-electron chi connectivity index (χ2n) is 6.22. The first kappa shape index (κ1) is 19.8. The summed E-state index contributed by atoms with van der Waals surface area (Å²) < 4.78 is 32.4. The first-order valence-corrected chi connectivity index (χ1v) is 9.77. The predicted molar refractivity (Wildman–Crippen MR) is 102 cm³/mol. The zero-order valence-corrected chi connectivity index (χ0v) is 16.0. The van der Waals surface area contributed by atoms with E-state index in [2.05, 4.69) is 5.32 Å². The summed E-state index contributed by atoms with van der Waals surface area (Å²) in [4.78, 5) is 12.4. The van der Waals surface area contributed by atoms with E-state index >= 15 is 0 Å². The second kappa shape index (κ2) is 8.71. The molecule has 0 unspecified atom stereocenters. The molecule has 0 bridgehead atoms. The lowest BCUT2D eigenvalue weighted by Crippen LogP contribution is -2.41. The zero-order chi connectivity index (χ0) is 19.2. The second-order valence-corrected chi connectivity index (χ2v) is 8.08. The molecule has 6 nitrogen and oxygen atoms in total. The van der Waals surface area contributed by atoms with Gasteiger partial charge in [0.05, 0.1) is 17.7 Å². The highest BCUT2D eigenvalue weighted by atomic mass is 32.2. The molecule has 0 aliphatic carbocycles. The molecule has 0 radical (unpaired) electrons. The zero-order valence-electron chi connectivity index (χ0n) is 15.2.